The second kappa shape index (κ2) is 9.28. The highest BCUT2D eigenvalue weighted by Gasteiger charge is 2.31. The zero-order chi connectivity index (χ0) is 20.1. The van der Waals surface area contributed by atoms with Crippen molar-refractivity contribution in [2.75, 3.05) is 13.2 Å². The molecule has 2 atom stereocenters. The summed E-state index contributed by atoms with van der Waals surface area (Å²) in [6.45, 7) is 5.23. The van der Waals surface area contributed by atoms with Crippen LogP contribution in [-0.4, -0.2) is 30.0 Å². The lowest BCUT2D eigenvalue weighted by molar-refractivity contribution is -0.136. The summed E-state index contributed by atoms with van der Waals surface area (Å²) < 4.78 is 33.5. The molecule has 0 saturated carbocycles. The van der Waals surface area contributed by atoms with Crippen LogP contribution in [-0.2, 0) is 9.53 Å². The van der Waals surface area contributed by atoms with Gasteiger partial charge in [-0.1, -0.05) is 31.2 Å². The maximum Gasteiger partial charge on any atom is 0.222 e. The third-order valence-electron chi connectivity index (χ3n) is 5.30. The molecule has 0 aromatic heterocycles. The molecule has 3 rings (SSSR count). The molecule has 0 radical (unpaired) electrons. The van der Waals surface area contributed by atoms with E-state index in [9.17, 15) is 13.6 Å². The van der Waals surface area contributed by atoms with Crippen molar-refractivity contribution in [1.29, 1.82) is 0 Å². The van der Waals surface area contributed by atoms with Crippen LogP contribution >= 0.6 is 0 Å². The number of ether oxygens (including phenoxy) is 1. The standard InChI is InChI=1S/C23H27F2NO2/c1-3-7-23(27)26(4-2)19-10-11-28-22(15-19)21-9-6-5-8-20(21)16-12-17(24)14-18(25)13-16/h5-6,8-9,12-14,19,22H,3-4,7,10-11,15H2,1-2H3/t19-,22+/m0/s1. The fraction of sp³-hybridized carbons (Fsp3) is 0.435. The average Bonchev–Trinajstić information content (AvgIpc) is 2.68. The summed E-state index contributed by atoms with van der Waals surface area (Å²) in [5.74, 6) is -1.03. The fourth-order valence-electron chi connectivity index (χ4n) is 4.02. The van der Waals surface area contributed by atoms with Gasteiger partial charge in [-0.15, -0.1) is 0 Å². The van der Waals surface area contributed by atoms with Crippen molar-refractivity contribution < 1.29 is 18.3 Å². The Morgan fingerprint density at radius 1 is 1.14 bits per heavy atom. The molecule has 1 amide bonds. The number of halogens is 2. The van der Waals surface area contributed by atoms with Gasteiger partial charge in [-0.05, 0) is 55.0 Å². The second-order valence-electron chi connectivity index (χ2n) is 7.21. The Balaban J connectivity index is 1.88. The fourth-order valence-corrected chi connectivity index (χ4v) is 4.02. The zero-order valence-corrected chi connectivity index (χ0v) is 16.5. The van der Waals surface area contributed by atoms with Crippen LogP contribution in [0.15, 0.2) is 42.5 Å². The molecule has 0 aliphatic carbocycles. The van der Waals surface area contributed by atoms with Crippen LogP contribution in [0.4, 0.5) is 8.78 Å². The molecule has 2 aromatic rings. The molecule has 1 aliphatic rings. The molecule has 0 unspecified atom stereocenters. The van der Waals surface area contributed by atoms with Crippen molar-refractivity contribution in [3.63, 3.8) is 0 Å². The van der Waals surface area contributed by atoms with Gasteiger partial charge >= 0.3 is 0 Å². The van der Waals surface area contributed by atoms with E-state index in [-0.39, 0.29) is 18.1 Å². The predicted octanol–water partition coefficient (Wildman–Crippen LogP) is 5.50. The third-order valence-corrected chi connectivity index (χ3v) is 5.30. The predicted molar refractivity (Wildman–Crippen MR) is 106 cm³/mol. The van der Waals surface area contributed by atoms with Crippen molar-refractivity contribution in [2.45, 2.75) is 51.7 Å². The average molecular weight is 387 g/mol. The van der Waals surface area contributed by atoms with Crippen LogP contribution in [0.3, 0.4) is 0 Å². The molecule has 1 aliphatic heterocycles. The highest BCUT2D eigenvalue weighted by atomic mass is 19.1. The van der Waals surface area contributed by atoms with Crippen LogP contribution in [0.1, 0.15) is 51.2 Å². The minimum Gasteiger partial charge on any atom is -0.373 e. The van der Waals surface area contributed by atoms with Gasteiger partial charge in [-0.25, -0.2) is 8.78 Å². The summed E-state index contributed by atoms with van der Waals surface area (Å²) in [4.78, 5) is 14.4. The van der Waals surface area contributed by atoms with Crippen molar-refractivity contribution in [3.8, 4) is 11.1 Å². The Morgan fingerprint density at radius 2 is 1.86 bits per heavy atom. The Hall–Kier alpha value is -2.27. The zero-order valence-electron chi connectivity index (χ0n) is 16.5. The quantitative estimate of drug-likeness (QED) is 0.655. The van der Waals surface area contributed by atoms with Gasteiger partial charge < -0.3 is 9.64 Å². The molecule has 1 fully saturated rings. The number of rotatable bonds is 6. The molecule has 28 heavy (non-hydrogen) atoms. The van der Waals surface area contributed by atoms with Crippen LogP contribution < -0.4 is 0 Å². The maximum absolute atomic E-state index is 13.7. The largest absolute Gasteiger partial charge is 0.373 e. The van der Waals surface area contributed by atoms with Crippen LogP contribution in [0.2, 0.25) is 0 Å². The summed E-state index contributed by atoms with van der Waals surface area (Å²) in [7, 11) is 0. The van der Waals surface area contributed by atoms with E-state index in [1.807, 2.05) is 43.0 Å². The number of hydrogen-bond donors (Lipinski definition) is 0. The maximum atomic E-state index is 13.7. The van der Waals surface area contributed by atoms with Crippen molar-refractivity contribution in [3.05, 3.63) is 59.7 Å². The number of amides is 1. The lowest BCUT2D eigenvalue weighted by atomic mass is 9.90. The molecule has 0 spiro atoms. The van der Waals surface area contributed by atoms with Crippen molar-refractivity contribution in [2.24, 2.45) is 0 Å². The normalized spacial score (nSPS) is 19.4. The molecule has 5 heteroatoms. The van der Waals surface area contributed by atoms with Gasteiger partial charge in [0.2, 0.25) is 5.91 Å². The van der Waals surface area contributed by atoms with E-state index in [0.717, 1.165) is 30.0 Å². The van der Waals surface area contributed by atoms with E-state index in [1.165, 1.54) is 12.1 Å². The lowest BCUT2D eigenvalue weighted by Gasteiger charge is -2.38. The minimum absolute atomic E-state index is 0.111. The van der Waals surface area contributed by atoms with E-state index in [1.54, 1.807) is 0 Å². The number of carbonyl (C=O) groups excluding carboxylic acids is 1. The third kappa shape index (κ3) is 4.58. The van der Waals surface area contributed by atoms with Crippen LogP contribution in [0.5, 0.6) is 0 Å². The van der Waals surface area contributed by atoms with Gasteiger partial charge in [0.05, 0.1) is 6.10 Å². The van der Waals surface area contributed by atoms with Crippen molar-refractivity contribution >= 4 is 5.91 Å². The molecular formula is C23H27F2NO2. The lowest BCUT2D eigenvalue weighted by Crippen LogP contribution is -2.43. The van der Waals surface area contributed by atoms with Crippen LogP contribution in [0.25, 0.3) is 11.1 Å². The van der Waals surface area contributed by atoms with E-state index in [0.29, 0.717) is 31.6 Å². The molecule has 1 saturated heterocycles. The molecule has 3 nitrogen and oxygen atoms in total. The van der Waals surface area contributed by atoms with Gasteiger partial charge in [-0.3, -0.25) is 4.79 Å². The highest BCUT2D eigenvalue weighted by Crippen LogP contribution is 2.37. The molecule has 0 N–H and O–H groups in total. The summed E-state index contributed by atoms with van der Waals surface area (Å²) in [6.07, 6.45) is 2.64. The highest BCUT2D eigenvalue weighted by molar-refractivity contribution is 5.76. The molecule has 0 bridgehead atoms. The number of nitrogens with zero attached hydrogens (tertiary/aromatic N) is 1. The van der Waals surface area contributed by atoms with Crippen LogP contribution in [0, 0.1) is 11.6 Å². The summed E-state index contributed by atoms with van der Waals surface area (Å²) >= 11 is 0. The molecule has 2 aromatic carbocycles. The smallest absolute Gasteiger partial charge is 0.222 e. The van der Waals surface area contributed by atoms with Gasteiger partial charge in [0.25, 0.3) is 0 Å². The molecular weight excluding hydrogens is 360 g/mol. The monoisotopic (exact) mass is 387 g/mol. The second-order valence-corrected chi connectivity index (χ2v) is 7.21. The number of benzene rings is 2. The first-order valence-electron chi connectivity index (χ1n) is 10.00. The summed E-state index contributed by atoms with van der Waals surface area (Å²) in [5.41, 5.74) is 2.15. The molecule has 150 valence electrons. The van der Waals surface area contributed by atoms with Crippen molar-refractivity contribution in [1.82, 2.24) is 4.90 Å². The topological polar surface area (TPSA) is 29.5 Å². The van der Waals surface area contributed by atoms with E-state index in [2.05, 4.69) is 0 Å². The van der Waals surface area contributed by atoms with Gasteiger partial charge in [0.15, 0.2) is 0 Å². The van der Waals surface area contributed by atoms with Gasteiger partial charge in [0, 0.05) is 31.7 Å². The Bertz CT molecular complexity index is 804. The van der Waals surface area contributed by atoms with E-state index >= 15 is 0 Å². The number of hydrogen-bond acceptors (Lipinski definition) is 2. The Kier molecular flexibility index (Phi) is 6.79. The van der Waals surface area contributed by atoms with E-state index < -0.39 is 11.6 Å². The first-order chi connectivity index (χ1) is 13.5. The van der Waals surface area contributed by atoms with Gasteiger partial charge in [0.1, 0.15) is 11.6 Å². The summed E-state index contributed by atoms with van der Waals surface area (Å²) in [6, 6.07) is 11.2. The minimum atomic E-state index is -0.602. The number of carbonyl (C=O) groups is 1. The molecule has 1 heterocycles. The SMILES string of the molecule is CCCC(=O)N(CC)[C@H]1CCO[C@@H](c2ccccc2-c2cc(F)cc(F)c2)C1. The Labute approximate surface area is 165 Å². The first-order valence-corrected chi connectivity index (χ1v) is 10.00. The van der Waals surface area contributed by atoms with E-state index in [4.69, 9.17) is 4.74 Å². The van der Waals surface area contributed by atoms with Gasteiger partial charge in [-0.2, -0.15) is 0 Å². The first kappa shape index (κ1) is 20.5. The Morgan fingerprint density at radius 3 is 2.54 bits per heavy atom. The summed E-state index contributed by atoms with van der Waals surface area (Å²) in [5, 5.41) is 0.